The number of nitrogens with zero attached hydrogens (tertiary/aromatic N) is 4. The lowest BCUT2D eigenvalue weighted by Crippen LogP contribution is -2.43. The topological polar surface area (TPSA) is 395 Å². The maximum Gasteiger partial charge on any atom is 0.339 e. The third-order valence-electron chi connectivity index (χ3n) is 4.50. The Morgan fingerprint density at radius 1 is 0.293 bits per heavy atom. The van der Waals surface area contributed by atoms with E-state index in [2.05, 4.69) is 0 Å². The van der Waals surface area contributed by atoms with Crippen LogP contribution in [0.5, 0.6) is 0 Å². The monoisotopic (exact) mass is 728 g/mol. The van der Waals surface area contributed by atoms with Crippen LogP contribution in [0.3, 0.4) is 0 Å². The molecular weight excluding hydrogens is 688 g/mol. The fraction of sp³-hybridized carbons (Fsp3) is 1.00. The summed E-state index contributed by atoms with van der Waals surface area (Å²) in [6, 6.07) is 0. The van der Waals surface area contributed by atoms with Gasteiger partial charge in [0.05, 0.1) is 0 Å². The molecule has 0 unspecified atom stereocenters. The van der Waals surface area contributed by atoms with Crippen molar-refractivity contribution >= 4 is 45.6 Å². The average molecular weight is 728 g/mol. The van der Waals surface area contributed by atoms with Crippen LogP contribution in [0.4, 0.5) is 0 Å². The molecule has 0 atom stereocenters. The Balaban J connectivity index is 0. The van der Waals surface area contributed by atoms with Crippen LogP contribution in [0.15, 0.2) is 0 Å². The molecule has 0 amide bonds. The van der Waals surface area contributed by atoms with Gasteiger partial charge in [-0.3, -0.25) is 47.0 Å². The zero-order valence-corrected chi connectivity index (χ0v) is 27.1. The van der Waals surface area contributed by atoms with E-state index < -0.39 is 109 Å². The smallest absolute Gasteiger partial charge is 0.339 e. The van der Waals surface area contributed by atoms with Gasteiger partial charge in [-0.25, -0.2) is 0 Å². The molecule has 0 radical (unpaired) electrons. The highest BCUT2D eigenvalue weighted by atomic mass is 31.2. The van der Waals surface area contributed by atoms with Gasteiger partial charge in [0, 0.05) is 39.3 Å². The molecule has 16 N–H and O–H groups in total. The van der Waals surface area contributed by atoms with Gasteiger partial charge in [0.1, 0.15) is 37.7 Å². The van der Waals surface area contributed by atoms with Gasteiger partial charge in [0.2, 0.25) is 0 Å². The van der Waals surface area contributed by atoms with Crippen LogP contribution in [0, 0.1) is 0 Å². The molecule has 0 aliphatic carbocycles. The first kappa shape index (κ1) is 43.8. The molecule has 250 valence electrons. The van der Waals surface area contributed by atoms with Crippen molar-refractivity contribution in [1.82, 2.24) is 25.8 Å². The Kier molecular flexibility index (Phi) is 18.6. The number of rotatable bonds is 21. The van der Waals surface area contributed by atoms with Crippen molar-refractivity contribution in [3.8, 4) is 0 Å². The zero-order valence-electron chi connectivity index (χ0n) is 21.8. The molecule has 23 nitrogen and oxygen atoms in total. The van der Waals surface area contributed by atoms with Gasteiger partial charge in [0.25, 0.3) is 0 Å². The van der Waals surface area contributed by atoms with Crippen molar-refractivity contribution in [1.29, 1.82) is 0 Å². The number of hydrogen-bond donors (Lipinski definition) is 13. The highest BCUT2D eigenvalue weighted by Gasteiger charge is 2.29. The fourth-order valence-corrected chi connectivity index (χ4v) is 8.26. The van der Waals surface area contributed by atoms with Gasteiger partial charge in [-0.05, 0) is 0 Å². The summed E-state index contributed by atoms with van der Waals surface area (Å²) in [4.78, 5) is 114. The Labute approximate surface area is 234 Å². The van der Waals surface area contributed by atoms with E-state index in [1.165, 1.54) is 0 Å². The molecule has 0 aromatic heterocycles. The van der Waals surface area contributed by atoms with Gasteiger partial charge in [-0.1, -0.05) is 0 Å². The molecule has 0 aromatic rings. The van der Waals surface area contributed by atoms with Gasteiger partial charge in [-0.2, -0.15) is 0 Å². The summed E-state index contributed by atoms with van der Waals surface area (Å²) >= 11 is 0. The molecule has 0 bridgehead atoms. The SMILES string of the molecule is O=P(O)(O)CN(CCN(CCN(CP(=O)(O)O)CP(=O)(O)O)CP(=O)(O)O)CCN(CP(=O)(O)O)CP(=O)(O)O.[NH4+]. The van der Waals surface area contributed by atoms with E-state index in [4.69, 9.17) is 39.1 Å². The lowest BCUT2D eigenvalue weighted by molar-refractivity contribution is 0.181. The predicted octanol–water partition coefficient (Wildman–Crippen LogP) is -2.62. The molecule has 0 heterocycles. The largest absolute Gasteiger partial charge is 0.369 e. The fourth-order valence-electron chi connectivity index (χ4n) is 3.29. The third kappa shape index (κ3) is 29.2. The number of hydrogen-bond acceptors (Lipinski definition) is 10. The second-order valence-electron chi connectivity index (χ2n) is 8.86. The van der Waals surface area contributed by atoms with Gasteiger partial charge < -0.3 is 64.9 Å². The van der Waals surface area contributed by atoms with Crippen LogP contribution in [-0.2, 0) is 27.4 Å². The minimum Gasteiger partial charge on any atom is -0.369 e. The molecular formula is C12H40N5O18P6+. The zero-order chi connectivity index (χ0) is 31.8. The van der Waals surface area contributed by atoms with Crippen molar-refractivity contribution in [2.75, 3.05) is 77.0 Å². The van der Waals surface area contributed by atoms with Gasteiger partial charge >= 0.3 is 45.6 Å². The molecule has 0 fully saturated rings. The number of quaternary nitrogens is 1. The first-order valence-electron chi connectivity index (χ1n) is 10.7. The standard InChI is InChI=1S/C12H36N4O18P6.H3N/c17-35(18,19)7-13(3-5-15(9-37(23,24)25)10-38(26,27)28)1-2-14(8-36(20,21)22)4-6-16(11-39(29,30)31)12-40(32,33)34;/h1-12H2,(H2,17,18,19)(H2,20,21,22)(H2,23,24,25)(H2,26,27,28)(H2,29,30,31)(H2,32,33,34);1H3/p+1. The Morgan fingerprint density at radius 3 is 0.561 bits per heavy atom. The van der Waals surface area contributed by atoms with E-state index in [1.54, 1.807) is 0 Å². The molecule has 0 aliphatic rings. The van der Waals surface area contributed by atoms with E-state index in [0.717, 1.165) is 9.80 Å². The Hall–Kier alpha value is 0.700. The van der Waals surface area contributed by atoms with E-state index in [-0.39, 0.29) is 19.2 Å². The van der Waals surface area contributed by atoms with Crippen LogP contribution >= 0.6 is 45.6 Å². The minimum absolute atomic E-state index is 0. The molecule has 0 aromatic carbocycles. The molecule has 0 aliphatic heterocycles. The van der Waals surface area contributed by atoms with E-state index >= 15 is 0 Å². The normalized spacial score (nSPS) is 14.3. The van der Waals surface area contributed by atoms with Crippen molar-refractivity contribution in [2.24, 2.45) is 0 Å². The van der Waals surface area contributed by atoms with E-state index in [9.17, 15) is 47.0 Å². The lowest BCUT2D eigenvalue weighted by atomic mass is 10.4. The first-order valence-corrected chi connectivity index (χ1v) is 21.5. The summed E-state index contributed by atoms with van der Waals surface area (Å²) in [6.07, 6.45) is -6.33. The maximum atomic E-state index is 11.6. The molecule has 29 heteroatoms. The molecule has 0 saturated carbocycles. The summed E-state index contributed by atoms with van der Waals surface area (Å²) in [5.41, 5.74) is 0. The lowest BCUT2D eigenvalue weighted by Gasteiger charge is -2.31. The predicted molar refractivity (Wildman–Crippen MR) is 144 cm³/mol. The molecule has 41 heavy (non-hydrogen) atoms. The quantitative estimate of drug-likeness (QED) is 0.0538. The van der Waals surface area contributed by atoms with Crippen molar-refractivity contribution in [3.63, 3.8) is 0 Å². The Bertz CT molecular complexity index is 944. The second kappa shape index (κ2) is 17.4. The summed E-state index contributed by atoms with van der Waals surface area (Å²) in [5, 5.41) is 0. The summed E-state index contributed by atoms with van der Waals surface area (Å²) in [6.45, 7) is -2.65. The van der Waals surface area contributed by atoms with Crippen molar-refractivity contribution in [3.05, 3.63) is 0 Å². The minimum atomic E-state index is -4.81. The van der Waals surface area contributed by atoms with Crippen molar-refractivity contribution in [2.45, 2.75) is 0 Å². The first-order chi connectivity index (χ1) is 17.5. The summed E-state index contributed by atoms with van der Waals surface area (Å²) < 4.78 is 68.5. The highest BCUT2D eigenvalue weighted by Crippen LogP contribution is 2.42. The van der Waals surface area contributed by atoms with Crippen LogP contribution in [0.2, 0.25) is 0 Å². The Morgan fingerprint density at radius 2 is 0.415 bits per heavy atom. The van der Waals surface area contributed by atoms with Crippen LogP contribution in [-0.4, -0.2) is 155 Å². The van der Waals surface area contributed by atoms with Gasteiger partial charge in [-0.15, -0.1) is 0 Å². The van der Waals surface area contributed by atoms with E-state index in [1.807, 2.05) is 0 Å². The molecule has 0 saturated heterocycles. The van der Waals surface area contributed by atoms with Crippen LogP contribution < -0.4 is 6.15 Å². The molecule has 0 spiro atoms. The average Bonchev–Trinajstić information content (AvgIpc) is 2.60. The summed E-state index contributed by atoms with van der Waals surface area (Å²) in [7, 11) is -28.8. The van der Waals surface area contributed by atoms with Crippen LogP contribution in [0.1, 0.15) is 0 Å². The molecule has 0 rings (SSSR count). The third-order valence-corrected chi connectivity index (χ3v) is 9.11. The van der Waals surface area contributed by atoms with Gasteiger partial charge in [0.15, 0.2) is 0 Å². The summed E-state index contributed by atoms with van der Waals surface area (Å²) in [5.74, 6) is 0. The maximum absolute atomic E-state index is 11.6. The van der Waals surface area contributed by atoms with Crippen LogP contribution in [0.25, 0.3) is 0 Å². The van der Waals surface area contributed by atoms with E-state index in [0.29, 0.717) is 9.80 Å². The van der Waals surface area contributed by atoms with Crippen molar-refractivity contribution < 1.29 is 86.1 Å². The highest BCUT2D eigenvalue weighted by molar-refractivity contribution is 7.53. The second-order valence-corrected chi connectivity index (χ2v) is 18.5.